The summed E-state index contributed by atoms with van der Waals surface area (Å²) in [7, 11) is 1.62. The van der Waals surface area contributed by atoms with Crippen LogP contribution in [-0.4, -0.2) is 24.6 Å². The van der Waals surface area contributed by atoms with Crippen molar-refractivity contribution in [1.82, 2.24) is 4.98 Å². The lowest BCUT2D eigenvalue weighted by Gasteiger charge is -2.07. The van der Waals surface area contributed by atoms with Crippen LogP contribution in [0.25, 0.3) is 11.3 Å². The van der Waals surface area contributed by atoms with Crippen molar-refractivity contribution < 1.29 is 14.3 Å². The second-order valence-corrected chi connectivity index (χ2v) is 6.75. The molecule has 5 nitrogen and oxygen atoms in total. The number of nitrogens with one attached hydrogen (secondary N) is 1. The monoisotopic (exact) mass is 418 g/mol. The molecule has 128 valence electrons. The Balaban J connectivity index is 1.61. The van der Waals surface area contributed by atoms with Crippen molar-refractivity contribution in [2.24, 2.45) is 0 Å². The number of aromatic nitrogens is 1. The number of thiazole rings is 1. The van der Waals surface area contributed by atoms with Gasteiger partial charge in [0.25, 0.3) is 5.91 Å². The number of carbonyl (C=O) groups is 1. The van der Waals surface area contributed by atoms with Crippen molar-refractivity contribution in [1.29, 1.82) is 0 Å². The zero-order valence-electron chi connectivity index (χ0n) is 13.4. The predicted molar refractivity (Wildman–Crippen MR) is 102 cm³/mol. The number of amides is 1. The quantitative estimate of drug-likeness (QED) is 0.635. The molecule has 25 heavy (non-hydrogen) atoms. The van der Waals surface area contributed by atoms with Gasteiger partial charge in [-0.25, -0.2) is 4.98 Å². The summed E-state index contributed by atoms with van der Waals surface area (Å²) in [6.07, 6.45) is 0. The average molecular weight is 419 g/mol. The van der Waals surface area contributed by atoms with Crippen LogP contribution in [-0.2, 0) is 4.79 Å². The van der Waals surface area contributed by atoms with Crippen LogP contribution in [0.1, 0.15) is 0 Å². The maximum Gasteiger partial charge on any atom is 0.264 e. The number of anilines is 1. The smallest absolute Gasteiger partial charge is 0.264 e. The van der Waals surface area contributed by atoms with Gasteiger partial charge in [-0.3, -0.25) is 10.1 Å². The summed E-state index contributed by atoms with van der Waals surface area (Å²) < 4.78 is 11.5. The molecular formula is C18H15BrN2O3S. The molecular weight excluding hydrogens is 404 g/mol. The number of hydrogen-bond acceptors (Lipinski definition) is 5. The van der Waals surface area contributed by atoms with E-state index in [0.29, 0.717) is 10.9 Å². The topological polar surface area (TPSA) is 60.5 Å². The van der Waals surface area contributed by atoms with E-state index in [1.807, 2.05) is 47.8 Å². The summed E-state index contributed by atoms with van der Waals surface area (Å²) in [6.45, 7) is -0.0866. The molecule has 0 aliphatic carbocycles. The number of nitrogens with zero attached hydrogens (tertiary/aromatic N) is 1. The Morgan fingerprint density at radius 3 is 2.88 bits per heavy atom. The van der Waals surface area contributed by atoms with E-state index in [2.05, 4.69) is 26.2 Å². The van der Waals surface area contributed by atoms with Gasteiger partial charge in [-0.15, -0.1) is 11.3 Å². The summed E-state index contributed by atoms with van der Waals surface area (Å²) in [5.74, 6) is 1.12. The molecule has 3 aromatic rings. The van der Waals surface area contributed by atoms with Crippen molar-refractivity contribution >= 4 is 38.3 Å². The van der Waals surface area contributed by atoms with Crippen molar-refractivity contribution in [3.8, 4) is 22.8 Å². The fraction of sp³-hybridized carbons (Fsp3) is 0.111. The lowest BCUT2D eigenvalue weighted by Crippen LogP contribution is -2.20. The van der Waals surface area contributed by atoms with Crippen LogP contribution in [0.15, 0.2) is 58.4 Å². The van der Waals surface area contributed by atoms with Crippen molar-refractivity contribution in [2.75, 3.05) is 19.0 Å². The zero-order valence-corrected chi connectivity index (χ0v) is 15.8. The van der Waals surface area contributed by atoms with Gasteiger partial charge in [0.05, 0.1) is 17.3 Å². The number of carbonyl (C=O) groups excluding carboxylic acids is 1. The normalized spacial score (nSPS) is 10.3. The lowest BCUT2D eigenvalue weighted by atomic mass is 10.2. The molecule has 0 unspecified atom stereocenters. The van der Waals surface area contributed by atoms with Crippen molar-refractivity contribution in [3.63, 3.8) is 0 Å². The zero-order chi connectivity index (χ0) is 17.6. The number of rotatable bonds is 6. The van der Waals surface area contributed by atoms with Gasteiger partial charge in [-0.05, 0) is 40.2 Å². The predicted octanol–water partition coefficient (Wildman–Crippen LogP) is 4.60. The molecule has 2 aromatic carbocycles. The highest BCUT2D eigenvalue weighted by Gasteiger charge is 2.10. The number of methoxy groups -OCH3 is 1. The van der Waals surface area contributed by atoms with Gasteiger partial charge in [-0.1, -0.05) is 24.3 Å². The molecule has 1 aromatic heterocycles. The first kappa shape index (κ1) is 17.4. The fourth-order valence-electron chi connectivity index (χ4n) is 2.11. The highest BCUT2D eigenvalue weighted by atomic mass is 79.9. The molecule has 0 bridgehead atoms. The molecule has 0 atom stereocenters. The van der Waals surface area contributed by atoms with Crippen LogP contribution in [0.2, 0.25) is 0 Å². The first-order valence-corrected chi connectivity index (χ1v) is 9.10. The summed E-state index contributed by atoms with van der Waals surface area (Å²) in [4.78, 5) is 16.5. The van der Waals surface area contributed by atoms with Crippen molar-refractivity contribution in [2.45, 2.75) is 0 Å². The molecule has 0 radical (unpaired) electrons. The largest absolute Gasteiger partial charge is 0.497 e. The molecule has 1 N–H and O–H groups in total. The van der Waals surface area contributed by atoms with Crippen LogP contribution in [0.5, 0.6) is 11.5 Å². The molecule has 1 amide bonds. The van der Waals surface area contributed by atoms with Crippen LogP contribution >= 0.6 is 27.3 Å². The summed E-state index contributed by atoms with van der Waals surface area (Å²) in [5, 5.41) is 5.16. The first-order chi connectivity index (χ1) is 12.2. The van der Waals surface area contributed by atoms with Gasteiger partial charge in [0, 0.05) is 10.9 Å². The van der Waals surface area contributed by atoms with Crippen LogP contribution < -0.4 is 14.8 Å². The minimum Gasteiger partial charge on any atom is -0.497 e. The average Bonchev–Trinajstić information content (AvgIpc) is 3.09. The van der Waals surface area contributed by atoms with E-state index < -0.39 is 0 Å². The minimum absolute atomic E-state index is 0.0866. The van der Waals surface area contributed by atoms with Gasteiger partial charge in [-0.2, -0.15) is 0 Å². The van der Waals surface area contributed by atoms with Crippen molar-refractivity contribution in [3.05, 3.63) is 58.4 Å². The molecule has 0 fully saturated rings. The van der Waals surface area contributed by atoms with Gasteiger partial charge in [0.2, 0.25) is 0 Å². The Kier molecular flexibility index (Phi) is 5.67. The molecule has 0 saturated heterocycles. The number of ether oxygens (including phenoxy) is 2. The Labute approximate surface area is 157 Å². The van der Waals surface area contributed by atoms with E-state index in [1.165, 1.54) is 11.3 Å². The highest BCUT2D eigenvalue weighted by Crippen LogP contribution is 2.27. The SMILES string of the molecule is COc1cccc(-c2csc(NC(=O)COc3ccccc3Br)n2)c1. The molecule has 7 heteroatoms. The molecule has 0 saturated carbocycles. The molecule has 0 aliphatic heterocycles. The number of benzene rings is 2. The Bertz CT molecular complexity index is 882. The second kappa shape index (κ2) is 8.13. The van der Waals surface area contributed by atoms with Crippen LogP contribution in [0.3, 0.4) is 0 Å². The third-order valence-corrected chi connectivity index (χ3v) is 4.72. The molecule has 0 aliphatic rings. The maximum absolute atomic E-state index is 12.0. The number of hydrogen-bond donors (Lipinski definition) is 1. The van der Waals surface area contributed by atoms with E-state index >= 15 is 0 Å². The minimum atomic E-state index is -0.262. The first-order valence-electron chi connectivity index (χ1n) is 7.43. The molecule has 0 spiro atoms. The van der Waals surface area contributed by atoms with Gasteiger partial charge < -0.3 is 9.47 Å². The van der Waals surface area contributed by atoms with Gasteiger partial charge >= 0.3 is 0 Å². The summed E-state index contributed by atoms with van der Waals surface area (Å²) in [5.41, 5.74) is 1.71. The third-order valence-electron chi connectivity index (χ3n) is 3.31. The van der Waals surface area contributed by atoms with Gasteiger partial charge in [0.1, 0.15) is 11.5 Å². The summed E-state index contributed by atoms with van der Waals surface area (Å²) >= 11 is 4.74. The molecule has 3 rings (SSSR count). The number of para-hydroxylation sites is 1. The van der Waals surface area contributed by atoms with E-state index in [9.17, 15) is 4.79 Å². The number of halogens is 1. The fourth-order valence-corrected chi connectivity index (χ4v) is 3.24. The van der Waals surface area contributed by atoms with E-state index in [-0.39, 0.29) is 12.5 Å². The van der Waals surface area contributed by atoms with E-state index in [4.69, 9.17) is 9.47 Å². The lowest BCUT2D eigenvalue weighted by molar-refractivity contribution is -0.118. The Hall–Kier alpha value is -2.38. The van der Waals surface area contributed by atoms with E-state index in [1.54, 1.807) is 13.2 Å². The van der Waals surface area contributed by atoms with E-state index in [0.717, 1.165) is 21.5 Å². The Morgan fingerprint density at radius 2 is 2.08 bits per heavy atom. The second-order valence-electron chi connectivity index (χ2n) is 5.04. The summed E-state index contributed by atoms with van der Waals surface area (Å²) in [6, 6.07) is 15.0. The maximum atomic E-state index is 12.0. The van der Waals surface area contributed by atoms with Crippen LogP contribution in [0.4, 0.5) is 5.13 Å². The van der Waals surface area contributed by atoms with Gasteiger partial charge in [0.15, 0.2) is 11.7 Å². The van der Waals surface area contributed by atoms with Crippen LogP contribution in [0, 0.1) is 0 Å². The molecule has 1 heterocycles. The third kappa shape index (κ3) is 4.58. The Morgan fingerprint density at radius 1 is 1.24 bits per heavy atom. The highest BCUT2D eigenvalue weighted by molar-refractivity contribution is 9.10. The standard InChI is InChI=1S/C18H15BrN2O3S/c1-23-13-6-4-5-12(9-13)15-11-25-18(20-15)21-17(22)10-24-16-8-3-2-7-14(16)19/h2-9,11H,10H2,1H3,(H,20,21,22).